The van der Waals surface area contributed by atoms with E-state index in [4.69, 9.17) is 21.7 Å². The Kier molecular flexibility index (Phi) is 8.88. The van der Waals surface area contributed by atoms with Crippen LogP contribution in [-0.4, -0.2) is 54.1 Å². The first-order valence-electron chi connectivity index (χ1n) is 12.4. The maximum atomic E-state index is 13.5. The molecule has 0 bridgehead atoms. The minimum Gasteiger partial charge on any atom is -0.497 e. The number of ether oxygens (including phenoxy) is 2. The molecule has 1 saturated heterocycles. The van der Waals surface area contributed by atoms with E-state index in [1.54, 1.807) is 43.2 Å². The van der Waals surface area contributed by atoms with Gasteiger partial charge in [-0.1, -0.05) is 12.1 Å². The minimum atomic E-state index is -0.848. The van der Waals surface area contributed by atoms with Gasteiger partial charge in [0.2, 0.25) is 5.91 Å². The van der Waals surface area contributed by atoms with E-state index in [0.717, 1.165) is 11.3 Å². The molecule has 39 heavy (non-hydrogen) atoms. The van der Waals surface area contributed by atoms with Crippen LogP contribution in [0.1, 0.15) is 29.3 Å². The summed E-state index contributed by atoms with van der Waals surface area (Å²) in [6.45, 7) is 2.37. The van der Waals surface area contributed by atoms with Crippen molar-refractivity contribution in [2.24, 2.45) is 0 Å². The molecular weight excluding hydrogens is 521 g/mol. The van der Waals surface area contributed by atoms with Gasteiger partial charge >= 0.3 is 5.97 Å². The molecule has 3 aromatic rings. The van der Waals surface area contributed by atoms with E-state index in [1.807, 2.05) is 24.3 Å². The summed E-state index contributed by atoms with van der Waals surface area (Å²) in [6.07, 6.45) is 0.418. The van der Waals surface area contributed by atoms with Crippen molar-refractivity contribution in [3.8, 4) is 5.75 Å². The summed E-state index contributed by atoms with van der Waals surface area (Å²) in [4.78, 5) is 41.5. The lowest BCUT2D eigenvalue weighted by atomic mass is 10.1. The second-order valence-electron chi connectivity index (χ2n) is 8.79. The van der Waals surface area contributed by atoms with E-state index >= 15 is 0 Å². The van der Waals surface area contributed by atoms with E-state index in [0.29, 0.717) is 29.9 Å². The van der Waals surface area contributed by atoms with Gasteiger partial charge in [0.05, 0.1) is 31.4 Å². The molecule has 1 N–H and O–H groups in total. The average molecular weight is 550 g/mol. The molecule has 3 aromatic carbocycles. The summed E-state index contributed by atoms with van der Waals surface area (Å²) in [7, 11) is 1.59. The lowest BCUT2D eigenvalue weighted by Crippen LogP contribution is -2.39. The maximum absolute atomic E-state index is 13.5. The van der Waals surface area contributed by atoms with Crippen LogP contribution in [0.4, 0.5) is 15.8 Å². The molecule has 202 valence electrons. The highest BCUT2D eigenvalue weighted by molar-refractivity contribution is 7.80. The van der Waals surface area contributed by atoms with Gasteiger partial charge in [0.1, 0.15) is 17.6 Å². The summed E-state index contributed by atoms with van der Waals surface area (Å²) in [5.41, 5.74) is 2.28. The molecule has 0 saturated carbocycles. The molecule has 8 nitrogen and oxygen atoms in total. The zero-order chi connectivity index (χ0) is 27.9. The number of anilines is 2. The summed E-state index contributed by atoms with van der Waals surface area (Å²) in [5, 5.41) is 3.02. The van der Waals surface area contributed by atoms with Gasteiger partial charge in [0.15, 0.2) is 5.11 Å². The molecule has 0 spiro atoms. The highest BCUT2D eigenvalue weighted by atomic mass is 32.1. The first-order valence-corrected chi connectivity index (χ1v) is 12.8. The lowest BCUT2D eigenvalue weighted by molar-refractivity contribution is -0.124. The number of nitrogens with one attached hydrogen (secondary N) is 1. The van der Waals surface area contributed by atoms with E-state index < -0.39 is 23.7 Å². The number of methoxy groups -OCH3 is 1. The van der Waals surface area contributed by atoms with Gasteiger partial charge in [-0.15, -0.1) is 0 Å². The second-order valence-corrected chi connectivity index (χ2v) is 9.16. The Balaban J connectivity index is 1.50. The summed E-state index contributed by atoms with van der Waals surface area (Å²) in [6, 6.07) is 18.5. The third-order valence-electron chi connectivity index (χ3n) is 6.26. The Hall–Kier alpha value is -4.31. The van der Waals surface area contributed by atoms with Gasteiger partial charge in [0.25, 0.3) is 5.91 Å². The van der Waals surface area contributed by atoms with Crippen LogP contribution in [0.5, 0.6) is 5.75 Å². The lowest BCUT2D eigenvalue weighted by Gasteiger charge is -2.24. The van der Waals surface area contributed by atoms with Crippen LogP contribution in [-0.2, 0) is 20.7 Å². The molecule has 0 radical (unpaired) electrons. The van der Waals surface area contributed by atoms with Crippen molar-refractivity contribution in [3.05, 3.63) is 89.7 Å². The topological polar surface area (TPSA) is 88.2 Å². The monoisotopic (exact) mass is 549 g/mol. The molecule has 1 aliphatic heterocycles. The van der Waals surface area contributed by atoms with Crippen LogP contribution in [0.2, 0.25) is 0 Å². The SMILES string of the molecule is CCOC(=O)c1ccc(NC(=O)CC2C(=O)N(c3ccc(F)cc3)C(=S)N2CCc2ccc(OC)cc2)cc1. The number of esters is 1. The molecule has 1 unspecified atom stereocenters. The highest BCUT2D eigenvalue weighted by Crippen LogP contribution is 2.28. The standard InChI is InChI=1S/C29H28FN3O5S/c1-3-38-28(36)20-6-10-22(11-7-20)31-26(34)18-25-27(35)33(23-12-8-21(30)9-13-23)29(39)32(25)17-16-19-4-14-24(37-2)15-5-19/h4-15,25H,3,16-18H2,1-2H3,(H,31,34). The Labute approximate surface area is 231 Å². The Morgan fingerprint density at radius 3 is 2.28 bits per heavy atom. The first-order chi connectivity index (χ1) is 18.8. The molecule has 1 fully saturated rings. The van der Waals surface area contributed by atoms with E-state index in [1.165, 1.54) is 29.2 Å². The summed E-state index contributed by atoms with van der Waals surface area (Å²) < 4.78 is 23.7. The quantitative estimate of drug-likeness (QED) is 0.293. The van der Waals surface area contributed by atoms with Crippen molar-refractivity contribution in [2.45, 2.75) is 25.8 Å². The van der Waals surface area contributed by atoms with Gasteiger partial charge in [0, 0.05) is 12.2 Å². The fraction of sp³-hybridized carbons (Fsp3) is 0.241. The predicted molar refractivity (Wildman–Crippen MR) is 149 cm³/mol. The average Bonchev–Trinajstić information content (AvgIpc) is 3.16. The van der Waals surface area contributed by atoms with E-state index in [2.05, 4.69) is 5.32 Å². The number of nitrogens with zero attached hydrogens (tertiary/aromatic N) is 2. The van der Waals surface area contributed by atoms with Gasteiger partial charge in [-0.05, 0) is 91.8 Å². The zero-order valence-corrected chi connectivity index (χ0v) is 22.4. The fourth-order valence-electron chi connectivity index (χ4n) is 4.25. The molecular formula is C29H28FN3O5S. The zero-order valence-electron chi connectivity index (χ0n) is 21.6. The third kappa shape index (κ3) is 6.58. The molecule has 10 heteroatoms. The van der Waals surface area contributed by atoms with Crippen LogP contribution in [0.25, 0.3) is 0 Å². The van der Waals surface area contributed by atoms with Crippen LogP contribution in [0.15, 0.2) is 72.8 Å². The van der Waals surface area contributed by atoms with E-state index in [-0.39, 0.29) is 24.0 Å². The van der Waals surface area contributed by atoms with Gasteiger partial charge in [-0.2, -0.15) is 0 Å². The molecule has 1 aliphatic rings. The van der Waals surface area contributed by atoms with Gasteiger partial charge < -0.3 is 19.7 Å². The number of hydrogen-bond donors (Lipinski definition) is 1. The smallest absolute Gasteiger partial charge is 0.338 e. The molecule has 4 rings (SSSR count). The maximum Gasteiger partial charge on any atom is 0.338 e. The molecule has 2 amide bonds. The van der Waals surface area contributed by atoms with Crippen LogP contribution < -0.4 is 15.0 Å². The number of thiocarbonyl (C=S) groups is 1. The summed E-state index contributed by atoms with van der Waals surface area (Å²) in [5.74, 6) is -0.908. The van der Waals surface area contributed by atoms with Crippen LogP contribution in [0.3, 0.4) is 0 Å². The number of hydrogen-bond acceptors (Lipinski definition) is 6. The fourth-order valence-corrected chi connectivity index (χ4v) is 4.66. The number of halogens is 1. The number of carbonyl (C=O) groups is 3. The van der Waals surface area contributed by atoms with Crippen molar-refractivity contribution in [2.75, 3.05) is 30.5 Å². The van der Waals surface area contributed by atoms with Crippen molar-refractivity contribution in [1.82, 2.24) is 4.90 Å². The third-order valence-corrected chi connectivity index (χ3v) is 6.68. The van der Waals surface area contributed by atoms with Crippen LogP contribution >= 0.6 is 12.2 Å². The number of carbonyl (C=O) groups excluding carboxylic acids is 3. The van der Waals surface area contributed by atoms with Gasteiger partial charge in [-0.3, -0.25) is 14.5 Å². The minimum absolute atomic E-state index is 0.154. The first kappa shape index (κ1) is 27.7. The second kappa shape index (κ2) is 12.5. The van der Waals surface area contributed by atoms with Crippen molar-refractivity contribution >= 4 is 46.5 Å². The van der Waals surface area contributed by atoms with Crippen molar-refractivity contribution in [3.63, 3.8) is 0 Å². The highest BCUT2D eigenvalue weighted by Gasteiger charge is 2.43. The Bertz CT molecular complexity index is 1350. The molecule has 1 heterocycles. The summed E-state index contributed by atoms with van der Waals surface area (Å²) >= 11 is 5.67. The number of amides is 2. The largest absolute Gasteiger partial charge is 0.497 e. The van der Waals surface area contributed by atoms with Crippen molar-refractivity contribution < 1.29 is 28.2 Å². The molecule has 0 aromatic heterocycles. The van der Waals surface area contributed by atoms with Gasteiger partial charge in [-0.25, -0.2) is 9.18 Å². The normalized spacial score (nSPS) is 14.9. The molecule has 0 aliphatic carbocycles. The Morgan fingerprint density at radius 2 is 1.67 bits per heavy atom. The molecule has 1 atom stereocenters. The number of rotatable bonds is 10. The Morgan fingerprint density at radius 1 is 1.00 bits per heavy atom. The van der Waals surface area contributed by atoms with Crippen molar-refractivity contribution in [1.29, 1.82) is 0 Å². The van der Waals surface area contributed by atoms with E-state index in [9.17, 15) is 18.8 Å². The number of benzene rings is 3. The van der Waals surface area contributed by atoms with Crippen LogP contribution in [0, 0.1) is 5.82 Å². The predicted octanol–water partition coefficient (Wildman–Crippen LogP) is 4.58.